The van der Waals surface area contributed by atoms with E-state index >= 15 is 0 Å². The summed E-state index contributed by atoms with van der Waals surface area (Å²) in [5.41, 5.74) is 0. The minimum absolute atomic E-state index is 0.0739. The SMILES string of the molecule is CCCCCC/C=C\C/C=C\CCCCCCCCCC(=O)OCC(COC(=O)CCCCCCCCCCCCC/C=C\CCCCCCCCCC)OC(=O)CCCCCCCCCCC/C=C\CCCCCCCCCC. The van der Waals surface area contributed by atoms with Gasteiger partial charge in [0.1, 0.15) is 13.2 Å². The minimum atomic E-state index is -0.779. The number of carbonyl (C=O) groups is 3. The lowest BCUT2D eigenvalue weighted by atomic mass is 10.0. The molecule has 0 aliphatic carbocycles. The molecular weight excluding hydrogens is 985 g/mol. The summed E-state index contributed by atoms with van der Waals surface area (Å²) in [6.45, 7) is 6.68. The Balaban J connectivity index is 4.33. The summed E-state index contributed by atoms with van der Waals surface area (Å²) in [4.78, 5) is 38.5. The maximum atomic E-state index is 13.0. The highest BCUT2D eigenvalue weighted by Crippen LogP contribution is 2.18. The monoisotopic (exact) mass is 1120 g/mol. The molecule has 468 valence electrons. The second-order valence-corrected chi connectivity index (χ2v) is 24.1. The highest BCUT2D eigenvalue weighted by Gasteiger charge is 2.19. The molecule has 6 nitrogen and oxygen atoms in total. The largest absolute Gasteiger partial charge is 0.462 e. The van der Waals surface area contributed by atoms with Crippen molar-refractivity contribution in [2.45, 2.75) is 393 Å². The number of unbranched alkanes of at least 4 members (excludes halogenated alkanes) is 47. The van der Waals surface area contributed by atoms with Crippen molar-refractivity contribution in [3.8, 4) is 0 Å². The van der Waals surface area contributed by atoms with Gasteiger partial charge in [-0.1, -0.05) is 313 Å². The van der Waals surface area contributed by atoms with Gasteiger partial charge in [-0.3, -0.25) is 14.4 Å². The van der Waals surface area contributed by atoms with Gasteiger partial charge in [-0.05, 0) is 103 Å². The minimum Gasteiger partial charge on any atom is -0.462 e. The standard InChI is InChI=1S/C74H136O6/c1-4-7-10-13-16-19-22-25-28-31-34-36-37-39-40-43-46-49-52-55-58-61-64-67-73(76)79-70-71(69-78-72(75)66-63-60-57-54-51-48-45-42-33-30-27-24-21-18-15-12-9-6-3)80-74(77)68-65-62-59-56-53-50-47-44-41-38-35-32-29-26-23-20-17-14-11-8-5-2/h21,24,30-35,71H,4-20,22-23,25-29,36-70H2,1-3H3/b24-21-,33-30-,34-31-,35-32-. The smallest absolute Gasteiger partial charge is 0.306 e. The number of rotatable bonds is 66. The first-order valence-corrected chi connectivity index (χ1v) is 35.6. The van der Waals surface area contributed by atoms with Crippen LogP contribution in [-0.4, -0.2) is 37.2 Å². The van der Waals surface area contributed by atoms with E-state index in [9.17, 15) is 14.4 Å². The Hall–Kier alpha value is -2.63. The Morgan fingerprint density at radius 3 is 0.713 bits per heavy atom. The number of hydrogen-bond acceptors (Lipinski definition) is 6. The highest BCUT2D eigenvalue weighted by molar-refractivity contribution is 5.71. The van der Waals surface area contributed by atoms with Crippen LogP contribution in [0.15, 0.2) is 48.6 Å². The fourth-order valence-electron chi connectivity index (χ4n) is 10.6. The molecule has 1 unspecified atom stereocenters. The van der Waals surface area contributed by atoms with Gasteiger partial charge in [0.25, 0.3) is 0 Å². The molecule has 0 rings (SSSR count). The average molecular weight is 1120 g/mol. The summed E-state index contributed by atoms with van der Waals surface area (Å²) < 4.78 is 17.0. The van der Waals surface area contributed by atoms with Gasteiger partial charge in [-0.15, -0.1) is 0 Å². The van der Waals surface area contributed by atoms with E-state index < -0.39 is 6.10 Å². The molecule has 0 radical (unpaired) electrons. The van der Waals surface area contributed by atoms with E-state index in [4.69, 9.17) is 14.2 Å². The van der Waals surface area contributed by atoms with Crippen molar-refractivity contribution in [1.82, 2.24) is 0 Å². The van der Waals surface area contributed by atoms with Gasteiger partial charge in [0.2, 0.25) is 0 Å². The molecule has 0 fully saturated rings. The Labute approximate surface area is 498 Å². The fourth-order valence-corrected chi connectivity index (χ4v) is 10.6. The van der Waals surface area contributed by atoms with Crippen LogP contribution >= 0.6 is 0 Å². The second-order valence-electron chi connectivity index (χ2n) is 24.1. The van der Waals surface area contributed by atoms with E-state index in [1.54, 1.807) is 0 Å². The molecule has 0 spiro atoms. The van der Waals surface area contributed by atoms with Gasteiger partial charge < -0.3 is 14.2 Å². The lowest BCUT2D eigenvalue weighted by molar-refractivity contribution is -0.167. The first kappa shape index (κ1) is 77.4. The quantitative estimate of drug-likeness (QED) is 0.0261. The van der Waals surface area contributed by atoms with Crippen molar-refractivity contribution in [3.63, 3.8) is 0 Å². The topological polar surface area (TPSA) is 78.9 Å². The number of allylic oxidation sites excluding steroid dienone is 8. The van der Waals surface area contributed by atoms with Crippen molar-refractivity contribution in [1.29, 1.82) is 0 Å². The van der Waals surface area contributed by atoms with Crippen LogP contribution in [0.4, 0.5) is 0 Å². The summed E-state index contributed by atoms with van der Waals surface area (Å²) in [5.74, 6) is -0.859. The fraction of sp³-hybridized carbons (Fsp3) is 0.851. The van der Waals surface area contributed by atoms with Gasteiger partial charge in [-0.25, -0.2) is 0 Å². The Morgan fingerprint density at radius 1 is 0.250 bits per heavy atom. The molecule has 0 aromatic heterocycles. The lowest BCUT2D eigenvalue weighted by Gasteiger charge is -2.18. The zero-order valence-corrected chi connectivity index (χ0v) is 53.9. The van der Waals surface area contributed by atoms with Gasteiger partial charge in [0.15, 0.2) is 6.10 Å². The summed E-state index contributed by atoms with van der Waals surface area (Å²) in [6, 6.07) is 0. The van der Waals surface area contributed by atoms with Crippen LogP contribution in [0.1, 0.15) is 387 Å². The molecule has 0 amide bonds. The van der Waals surface area contributed by atoms with E-state index in [1.807, 2.05) is 0 Å². The molecule has 0 aromatic carbocycles. The van der Waals surface area contributed by atoms with E-state index in [0.717, 1.165) is 70.6 Å². The van der Waals surface area contributed by atoms with Crippen LogP contribution in [0, 0.1) is 0 Å². The summed E-state index contributed by atoms with van der Waals surface area (Å²) in [6.07, 6.45) is 87.0. The van der Waals surface area contributed by atoms with Crippen molar-refractivity contribution in [2.75, 3.05) is 13.2 Å². The van der Waals surface area contributed by atoms with Gasteiger partial charge in [0.05, 0.1) is 0 Å². The molecule has 1 atom stereocenters. The van der Waals surface area contributed by atoms with Crippen LogP contribution in [0.3, 0.4) is 0 Å². The van der Waals surface area contributed by atoms with Crippen LogP contribution in [-0.2, 0) is 28.6 Å². The van der Waals surface area contributed by atoms with Crippen LogP contribution in [0.2, 0.25) is 0 Å². The predicted octanol–water partition coefficient (Wildman–Crippen LogP) is 24.5. The molecule has 6 heteroatoms. The van der Waals surface area contributed by atoms with Crippen LogP contribution in [0.25, 0.3) is 0 Å². The van der Waals surface area contributed by atoms with Crippen molar-refractivity contribution >= 4 is 17.9 Å². The van der Waals surface area contributed by atoms with E-state index in [2.05, 4.69) is 69.4 Å². The molecule has 0 saturated carbocycles. The Bertz CT molecular complexity index is 1380. The average Bonchev–Trinajstić information content (AvgIpc) is 3.46. The Kier molecular flexibility index (Phi) is 66.6. The normalized spacial score (nSPS) is 12.3. The zero-order chi connectivity index (χ0) is 57.8. The van der Waals surface area contributed by atoms with Gasteiger partial charge in [-0.2, -0.15) is 0 Å². The van der Waals surface area contributed by atoms with E-state index in [1.165, 1.54) is 276 Å². The molecular formula is C74H136O6. The summed E-state index contributed by atoms with van der Waals surface area (Å²) in [7, 11) is 0. The maximum absolute atomic E-state index is 13.0. The molecule has 0 aromatic rings. The molecule has 0 heterocycles. The van der Waals surface area contributed by atoms with Crippen LogP contribution < -0.4 is 0 Å². The number of hydrogen-bond donors (Lipinski definition) is 0. The molecule has 0 N–H and O–H groups in total. The van der Waals surface area contributed by atoms with Crippen LogP contribution in [0.5, 0.6) is 0 Å². The summed E-state index contributed by atoms with van der Waals surface area (Å²) >= 11 is 0. The molecule has 0 saturated heterocycles. The predicted molar refractivity (Wildman–Crippen MR) is 349 cm³/mol. The van der Waals surface area contributed by atoms with Crippen molar-refractivity contribution in [3.05, 3.63) is 48.6 Å². The maximum Gasteiger partial charge on any atom is 0.306 e. The summed E-state index contributed by atoms with van der Waals surface area (Å²) in [5, 5.41) is 0. The van der Waals surface area contributed by atoms with E-state index in [-0.39, 0.29) is 31.1 Å². The third-order valence-corrected chi connectivity index (χ3v) is 16.0. The number of esters is 3. The molecule has 0 aliphatic heterocycles. The Morgan fingerprint density at radius 2 is 0.450 bits per heavy atom. The third-order valence-electron chi connectivity index (χ3n) is 16.0. The van der Waals surface area contributed by atoms with Gasteiger partial charge >= 0.3 is 17.9 Å². The molecule has 0 bridgehead atoms. The molecule has 80 heavy (non-hydrogen) atoms. The second kappa shape index (κ2) is 68.9. The zero-order valence-electron chi connectivity index (χ0n) is 53.9. The van der Waals surface area contributed by atoms with Crippen molar-refractivity contribution in [2.24, 2.45) is 0 Å². The number of ether oxygens (including phenoxy) is 3. The van der Waals surface area contributed by atoms with E-state index in [0.29, 0.717) is 19.3 Å². The first-order chi connectivity index (χ1) is 39.5. The van der Waals surface area contributed by atoms with Crippen molar-refractivity contribution < 1.29 is 28.6 Å². The first-order valence-electron chi connectivity index (χ1n) is 35.6. The van der Waals surface area contributed by atoms with Gasteiger partial charge in [0, 0.05) is 19.3 Å². The molecule has 0 aliphatic rings. The number of carbonyl (C=O) groups excluding carboxylic acids is 3. The lowest BCUT2D eigenvalue weighted by Crippen LogP contribution is -2.30. The highest BCUT2D eigenvalue weighted by atomic mass is 16.6. The third kappa shape index (κ3) is 66.2.